The first-order chi connectivity index (χ1) is 6.39. The van der Waals surface area contributed by atoms with Gasteiger partial charge >= 0.3 is 0 Å². The molecule has 0 saturated carbocycles. The van der Waals surface area contributed by atoms with E-state index in [1.165, 1.54) is 20.8 Å². The molecule has 0 saturated heterocycles. The molecule has 0 aromatic carbocycles. The van der Waals surface area contributed by atoms with Gasteiger partial charge in [-0.25, -0.2) is 0 Å². The van der Waals surface area contributed by atoms with E-state index >= 15 is 0 Å². The van der Waals surface area contributed by atoms with Gasteiger partial charge in [0.25, 0.3) is 0 Å². The Morgan fingerprint density at radius 1 is 1.00 bits per heavy atom. The second kappa shape index (κ2) is 6.80. The molecule has 0 unspecified atom stereocenters. The topological polar surface area (TPSA) is 68.3 Å². The minimum Gasteiger partial charge on any atom is -0.303 e. The van der Waals surface area contributed by atoms with E-state index < -0.39 is 22.8 Å². The predicted molar refractivity (Wildman–Crippen MR) is 49.8 cm³/mol. The van der Waals surface area contributed by atoms with Gasteiger partial charge in [0.1, 0.15) is 11.7 Å². The summed E-state index contributed by atoms with van der Waals surface area (Å²) in [6.45, 7) is 3.61. The largest absolute Gasteiger partial charge is 0.303 e. The van der Waals surface area contributed by atoms with E-state index in [4.69, 9.17) is 0 Å². The van der Waals surface area contributed by atoms with Crippen molar-refractivity contribution in [2.45, 2.75) is 33.6 Å². The van der Waals surface area contributed by atoms with E-state index in [0.29, 0.717) is 6.29 Å². The molecule has 0 N–H and O–H groups in total. The zero-order chi connectivity index (χ0) is 11.4. The molecule has 0 fully saturated rings. The van der Waals surface area contributed by atoms with Gasteiger partial charge in [0, 0.05) is 28.1 Å². The maximum absolute atomic E-state index is 11.3. The van der Waals surface area contributed by atoms with Crippen LogP contribution >= 0.6 is 0 Å². The Bertz CT molecular complexity index is 247. The fraction of sp³-hybridized carbons (Fsp3) is 0.600. The van der Waals surface area contributed by atoms with E-state index in [1.807, 2.05) is 0 Å². The molecule has 0 spiro atoms. The van der Waals surface area contributed by atoms with Crippen LogP contribution in [0.1, 0.15) is 33.6 Å². The molecule has 0 amide bonds. The molecular weight excluding hydrogens is 232 g/mol. The van der Waals surface area contributed by atoms with Crippen LogP contribution < -0.4 is 0 Å². The minimum atomic E-state index is -1.60. The van der Waals surface area contributed by atoms with Crippen molar-refractivity contribution in [1.82, 2.24) is 0 Å². The second-order valence-electron chi connectivity index (χ2n) is 3.28. The normalized spacial score (nSPS) is 10.1. The Labute approximate surface area is 104 Å². The van der Waals surface area contributed by atoms with Gasteiger partial charge in [0.15, 0.2) is 17.3 Å². The molecule has 0 aliphatic carbocycles. The molecule has 0 atom stereocenters. The van der Waals surface area contributed by atoms with Gasteiger partial charge in [0.2, 0.25) is 0 Å². The fourth-order valence-electron chi connectivity index (χ4n) is 1.55. The summed E-state index contributed by atoms with van der Waals surface area (Å²) < 4.78 is 0. The van der Waals surface area contributed by atoms with Crippen molar-refractivity contribution in [3.63, 3.8) is 0 Å². The fourth-order valence-corrected chi connectivity index (χ4v) is 1.55. The molecule has 0 aliphatic heterocycles. The van der Waals surface area contributed by atoms with Gasteiger partial charge in [-0.3, -0.25) is 14.4 Å². The van der Waals surface area contributed by atoms with Crippen LogP contribution in [0.5, 0.6) is 0 Å². The van der Waals surface area contributed by atoms with Crippen LogP contribution in [-0.4, -0.2) is 23.6 Å². The number of rotatable bonds is 6. The van der Waals surface area contributed by atoms with Gasteiger partial charge in [-0.2, -0.15) is 0 Å². The first kappa shape index (κ1) is 16.8. The predicted octanol–water partition coefficient (Wildman–Crippen LogP) is 0.716. The van der Waals surface area contributed by atoms with Crippen LogP contribution in [-0.2, 0) is 40.9 Å². The maximum Gasteiger partial charge on any atom is 0.150 e. The minimum absolute atomic E-state index is 0. The molecule has 0 heterocycles. The molecule has 0 aromatic rings. The first-order valence-electron chi connectivity index (χ1n) is 4.36. The Balaban J connectivity index is 0. The molecule has 4 nitrogen and oxygen atoms in total. The van der Waals surface area contributed by atoms with Gasteiger partial charge in [-0.15, -0.1) is 0 Å². The standard InChI is InChI=1S/C10H14O4.Ti/c1-7(12)10(8(2)13,9(3)14)5-4-6-11;/h6H,4-5H2,1-3H3;. The maximum atomic E-state index is 11.3. The zero-order valence-corrected chi connectivity index (χ0v) is 10.7. The number of carbonyl (C=O) groups is 4. The third kappa shape index (κ3) is 3.47. The summed E-state index contributed by atoms with van der Waals surface area (Å²) >= 11 is 0. The number of ketones is 3. The number of carbonyl (C=O) groups excluding carboxylic acids is 4. The number of aldehydes is 1. The zero-order valence-electron chi connectivity index (χ0n) is 9.12. The Kier molecular flexibility index (Phi) is 7.62. The summed E-state index contributed by atoms with van der Waals surface area (Å²) in [4.78, 5) is 44.1. The Morgan fingerprint density at radius 2 is 1.33 bits per heavy atom. The summed E-state index contributed by atoms with van der Waals surface area (Å²) in [5, 5.41) is 0. The molecule has 15 heavy (non-hydrogen) atoms. The summed E-state index contributed by atoms with van der Waals surface area (Å²) in [5.74, 6) is -1.46. The van der Waals surface area contributed by atoms with Gasteiger partial charge in [-0.05, 0) is 27.2 Å². The SMILES string of the molecule is CC(=O)C(CCC=O)(C(C)=O)C(C)=O.[Ti]. The number of hydrogen-bond donors (Lipinski definition) is 0. The summed E-state index contributed by atoms with van der Waals surface area (Å²) in [6.07, 6.45) is 0.624. The van der Waals surface area contributed by atoms with Crippen molar-refractivity contribution in [3.05, 3.63) is 0 Å². The molecule has 0 aliphatic rings. The van der Waals surface area contributed by atoms with Crippen molar-refractivity contribution in [1.29, 1.82) is 0 Å². The third-order valence-electron chi connectivity index (χ3n) is 2.44. The third-order valence-corrected chi connectivity index (χ3v) is 2.44. The molecule has 82 valence electrons. The van der Waals surface area contributed by atoms with Crippen LogP contribution in [0.2, 0.25) is 0 Å². The molecular formula is C10H14O4Ti. The van der Waals surface area contributed by atoms with Crippen molar-refractivity contribution in [2.75, 3.05) is 0 Å². The molecule has 0 rings (SSSR count). The van der Waals surface area contributed by atoms with Gasteiger partial charge in [0.05, 0.1) is 0 Å². The van der Waals surface area contributed by atoms with Gasteiger partial charge < -0.3 is 4.79 Å². The van der Waals surface area contributed by atoms with Crippen molar-refractivity contribution < 1.29 is 40.9 Å². The Hall–Kier alpha value is -0.606. The summed E-state index contributed by atoms with van der Waals surface area (Å²) in [5.41, 5.74) is -1.60. The quantitative estimate of drug-likeness (QED) is 0.393. The van der Waals surface area contributed by atoms with Crippen molar-refractivity contribution in [3.8, 4) is 0 Å². The molecule has 5 heteroatoms. The molecule has 0 radical (unpaired) electrons. The van der Waals surface area contributed by atoms with Crippen LogP contribution in [0.4, 0.5) is 0 Å². The van der Waals surface area contributed by atoms with Crippen LogP contribution in [0.25, 0.3) is 0 Å². The summed E-state index contributed by atoms with van der Waals surface area (Å²) in [6, 6.07) is 0. The van der Waals surface area contributed by atoms with E-state index in [9.17, 15) is 19.2 Å². The van der Waals surface area contributed by atoms with E-state index in [2.05, 4.69) is 0 Å². The Morgan fingerprint density at radius 3 is 1.53 bits per heavy atom. The van der Waals surface area contributed by atoms with E-state index in [-0.39, 0.29) is 34.6 Å². The van der Waals surface area contributed by atoms with Crippen LogP contribution in [0, 0.1) is 5.41 Å². The second-order valence-corrected chi connectivity index (χ2v) is 3.28. The van der Waals surface area contributed by atoms with Crippen LogP contribution in [0.15, 0.2) is 0 Å². The average molecular weight is 246 g/mol. The number of hydrogen-bond acceptors (Lipinski definition) is 4. The van der Waals surface area contributed by atoms with E-state index in [0.717, 1.165) is 0 Å². The van der Waals surface area contributed by atoms with Crippen molar-refractivity contribution in [2.24, 2.45) is 5.41 Å². The number of Topliss-reactive ketones (excluding diaryl/α,β-unsaturated/α-hetero) is 3. The monoisotopic (exact) mass is 246 g/mol. The molecule has 0 aromatic heterocycles. The molecule has 0 bridgehead atoms. The average Bonchev–Trinajstić information content (AvgIpc) is 2.03. The van der Waals surface area contributed by atoms with Gasteiger partial charge in [-0.1, -0.05) is 0 Å². The first-order valence-corrected chi connectivity index (χ1v) is 4.36. The smallest absolute Gasteiger partial charge is 0.150 e. The van der Waals surface area contributed by atoms with E-state index in [1.54, 1.807) is 0 Å². The summed E-state index contributed by atoms with van der Waals surface area (Å²) in [7, 11) is 0. The van der Waals surface area contributed by atoms with Crippen LogP contribution in [0.3, 0.4) is 0 Å². The van der Waals surface area contributed by atoms with Crippen molar-refractivity contribution >= 4 is 23.6 Å².